The first-order chi connectivity index (χ1) is 11.4. The Morgan fingerprint density at radius 3 is 2.42 bits per heavy atom. The van der Waals surface area contributed by atoms with E-state index in [9.17, 15) is 8.42 Å². The molecule has 0 saturated carbocycles. The predicted molar refractivity (Wildman–Crippen MR) is 97.8 cm³/mol. The largest absolute Gasteiger partial charge is 0.495 e. The average Bonchev–Trinajstić information content (AvgIpc) is 2.54. The van der Waals surface area contributed by atoms with Crippen LogP contribution in [0, 0.1) is 0 Å². The molecule has 0 radical (unpaired) electrons. The van der Waals surface area contributed by atoms with Gasteiger partial charge in [0.2, 0.25) is 0 Å². The maximum Gasteiger partial charge on any atom is 0.262 e. The Kier molecular flexibility index (Phi) is 4.58. The van der Waals surface area contributed by atoms with Gasteiger partial charge < -0.3 is 4.74 Å². The molecule has 0 aliphatic rings. The van der Waals surface area contributed by atoms with E-state index in [1.54, 1.807) is 42.5 Å². The second-order valence-corrected chi connectivity index (χ2v) is 7.54. The minimum Gasteiger partial charge on any atom is -0.495 e. The second-order valence-electron chi connectivity index (χ2n) is 5.04. The number of methoxy groups -OCH3 is 1. The van der Waals surface area contributed by atoms with E-state index in [0.29, 0.717) is 21.2 Å². The number of halogens is 2. The summed E-state index contributed by atoms with van der Waals surface area (Å²) in [5, 5.41) is 1.97. The summed E-state index contributed by atoms with van der Waals surface area (Å²) in [4.78, 5) is 0.0904. The monoisotopic (exact) mass is 381 g/mol. The SMILES string of the molecule is COc1ccc(Cl)cc1NS(=O)(=O)c1cccc2cccc(Cl)c12. The van der Waals surface area contributed by atoms with Crippen molar-refractivity contribution in [1.82, 2.24) is 0 Å². The minimum absolute atomic E-state index is 0.0904. The summed E-state index contributed by atoms with van der Waals surface area (Å²) in [6.07, 6.45) is 0. The first-order valence-electron chi connectivity index (χ1n) is 6.96. The number of sulfonamides is 1. The van der Waals surface area contributed by atoms with Gasteiger partial charge >= 0.3 is 0 Å². The molecule has 1 N–H and O–H groups in total. The van der Waals surface area contributed by atoms with Gasteiger partial charge in [-0.1, -0.05) is 47.5 Å². The van der Waals surface area contributed by atoms with E-state index in [1.807, 2.05) is 0 Å². The van der Waals surface area contributed by atoms with Crippen LogP contribution < -0.4 is 9.46 Å². The van der Waals surface area contributed by atoms with Crippen LogP contribution in [0.3, 0.4) is 0 Å². The van der Waals surface area contributed by atoms with Crippen molar-refractivity contribution in [2.75, 3.05) is 11.8 Å². The lowest BCUT2D eigenvalue weighted by Gasteiger charge is -2.14. The normalized spacial score (nSPS) is 11.5. The number of anilines is 1. The Morgan fingerprint density at radius 1 is 1.00 bits per heavy atom. The smallest absolute Gasteiger partial charge is 0.262 e. The van der Waals surface area contributed by atoms with Gasteiger partial charge in [0.15, 0.2) is 0 Å². The molecule has 3 rings (SSSR count). The molecule has 0 amide bonds. The lowest BCUT2D eigenvalue weighted by Crippen LogP contribution is -2.14. The summed E-state index contributed by atoms with van der Waals surface area (Å²) in [5.41, 5.74) is 0.258. The Bertz CT molecular complexity index is 1010. The fourth-order valence-electron chi connectivity index (χ4n) is 2.45. The van der Waals surface area contributed by atoms with Crippen LogP contribution in [0.5, 0.6) is 5.75 Å². The van der Waals surface area contributed by atoms with E-state index in [2.05, 4.69) is 4.72 Å². The maximum absolute atomic E-state index is 12.9. The summed E-state index contributed by atoms with van der Waals surface area (Å²) in [5.74, 6) is 0.370. The fourth-order valence-corrected chi connectivity index (χ4v) is 4.27. The van der Waals surface area contributed by atoms with Crippen LogP contribution in [0.25, 0.3) is 10.8 Å². The van der Waals surface area contributed by atoms with Gasteiger partial charge in [-0.05, 0) is 35.7 Å². The number of ether oxygens (including phenoxy) is 1. The van der Waals surface area contributed by atoms with Gasteiger partial charge in [0, 0.05) is 15.4 Å². The van der Waals surface area contributed by atoms with E-state index < -0.39 is 10.0 Å². The molecule has 0 bridgehead atoms. The molecule has 7 heteroatoms. The maximum atomic E-state index is 12.9. The highest BCUT2D eigenvalue weighted by Gasteiger charge is 2.20. The topological polar surface area (TPSA) is 55.4 Å². The Labute approximate surface area is 150 Å². The third kappa shape index (κ3) is 3.15. The number of fused-ring (bicyclic) bond motifs is 1. The van der Waals surface area contributed by atoms with Crippen molar-refractivity contribution in [2.45, 2.75) is 4.90 Å². The molecule has 4 nitrogen and oxygen atoms in total. The van der Waals surface area contributed by atoms with Crippen LogP contribution in [0.2, 0.25) is 10.0 Å². The fraction of sp³-hybridized carbons (Fsp3) is 0.0588. The minimum atomic E-state index is -3.88. The molecule has 0 atom stereocenters. The molecule has 124 valence electrons. The molecule has 0 aromatic heterocycles. The van der Waals surface area contributed by atoms with Crippen molar-refractivity contribution in [1.29, 1.82) is 0 Å². The molecular weight excluding hydrogens is 369 g/mol. The lowest BCUT2D eigenvalue weighted by molar-refractivity contribution is 0.417. The van der Waals surface area contributed by atoms with Crippen LogP contribution in [0.4, 0.5) is 5.69 Å². The molecule has 3 aromatic carbocycles. The molecule has 0 spiro atoms. The van der Waals surface area contributed by atoms with Crippen molar-refractivity contribution >= 4 is 49.7 Å². The Balaban J connectivity index is 2.15. The molecule has 0 aliphatic heterocycles. The van der Waals surface area contributed by atoms with E-state index >= 15 is 0 Å². The van der Waals surface area contributed by atoms with Crippen LogP contribution in [0.1, 0.15) is 0 Å². The molecule has 3 aromatic rings. The third-order valence-corrected chi connectivity index (χ3v) is 5.47. The van der Waals surface area contributed by atoms with E-state index in [-0.39, 0.29) is 10.6 Å². The van der Waals surface area contributed by atoms with Crippen molar-refractivity contribution in [3.63, 3.8) is 0 Å². The Hall–Kier alpha value is -1.95. The van der Waals surface area contributed by atoms with E-state index in [4.69, 9.17) is 27.9 Å². The summed E-state index contributed by atoms with van der Waals surface area (Å²) in [6.45, 7) is 0. The number of benzene rings is 3. The molecule has 24 heavy (non-hydrogen) atoms. The summed E-state index contributed by atoms with van der Waals surface area (Å²) >= 11 is 12.2. The molecule has 0 aliphatic carbocycles. The molecular formula is C17H13Cl2NO3S. The quantitative estimate of drug-likeness (QED) is 0.694. The van der Waals surface area contributed by atoms with Gasteiger partial charge in [-0.3, -0.25) is 4.72 Å². The molecule has 0 fully saturated rings. The van der Waals surface area contributed by atoms with Crippen molar-refractivity contribution in [3.8, 4) is 5.75 Å². The summed E-state index contributed by atoms with van der Waals surface area (Å²) in [6, 6.07) is 14.9. The van der Waals surface area contributed by atoms with Gasteiger partial charge in [0.25, 0.3) is 10.0 Å². The third-order valence-electron chi connectivity index (χ3n) is 3.51. The van der Waals surface area contributed by atoms with Gasteiger partial charge in [-0.25, -0.2) is 8.42 Å². The lowest BCUT2D eigenvalue weighted by atomic mass is 10.1. The van der Waals surface area contributed by atoms with Crippen LogP contribution in [-0.4, -0.2) is 15.5 Å². The van der Waals surface area contributed by atoms with Crippen LogP contribution >= 0.6 is 23.2 Å². The zero-order chi connectivity index (χ0) is 17.3. The van der Waals surface area contributed by atoms with Gasteiger partial charge in [-0.2, -0.15) is 0 Å². The zero-order valence-corrected chi connectivity index (χ0v) is 14.9. The van der Waals surface area contributed by atoms with E-state index in [0.717, 1.165) is 5.39 Å². The highest BCUT2D eigenvalue weighted by Crippen LogP contribution is 2.33. The van der Waals surface area contributed by atoms with Gasteiger partial charge in [0.1, 0.15) is 5.75 Å². The zero-order valence-electron chi connectivity index (χ0n) is 12.6. The highest BCUT2D eigenvalue weighted by atomic mass is 35.5. The van der Waals surface area contributed by atoms with Crippen molar-refractivity contribution in [2.24, 2.45) is 0 Å². The first-order valence-corrected chi connectivity index (χ1v) is 9.20. The van der Waals surface area contributed by atoms with Crippen molar-refractivity contribution in [3.05, 3.63) is 64.6 Å². The van der Waals surface area contributed by atoms with Crippen molar-refractivity contribution < 1.29 is 13.2 Å². The highest BCUT2D eigenvalue weighted by molar-refractivity contribution is 7.93. The predicted octanol–water partition coefficient (Wildman–Crippen LogP) is 4.96. The summed E-state index contributed by atoms with van der Waals surface area (Å²) < 4.78 is 33.5. The molecule has 0 heterocycles. The number of hydrogen-bond acceptors (Lipinski definition) is 3. The molecule has 0 unspecified atom stereocenters. The van der Waals surface area contributed by atoms with Crippen LogP contribution in [0.15, 0.2) is 59.5 Å². The number of nitrogens with one attached hydrogen (secondary N) is 1. The number of rotatable bonds is 4. The number of hydrogen-bond donors (Lipinski definition) is 1. The standard InChI is InChI=1S/C17H13Cl2NO3S/c1-23-15-9-8-12(18)10-14(15)20-24(21,22)16-7-3-5-11-4-2-6-13(19)17(11)16/h2-10,20H,1H3. The first kappa shape index (κ1) is 16.9. The summed E-state index contributed by atoms with van der Waals surface area (Å²) in [7, 11) is -2.43. The van der Waals surface area contributed by atoms with Gasteiger partial charge in [0.05, 0.1) is 17.7 Å². The Morgan fingerprint density at radius 2 is 1.71 bits per heavy atom. The van der Waals surface area contributed by atoms with Crippen LogP contribution in [-0.2, 0) is 10.0 Å². The van der Waals surface area contributed by atoms with E-state index in [1.165, 1.54) is 19.2 Å². The second kappa shape index (κ2) is 6.51. The van der Waals surface area contributed by atoms with Gasteiger partial charge in [-0.15, -0.1) is 0 Å². The average molecular weight is 382 g/mol. The molecule has 0 saturated heterocycles.